The monoisotopic (exact) mass is 1530 g/mol. The SMILES string of the molecule is CCC[C@@]12O[C@H]3c4c(O)c5c(c(O)c4C(=O)[C@]1(O)[C@H]3[C@H](O[C@@H]1C[C@H](O)[C@H](O)[C@@H](C)O1)[C@@H](O)[C@@H]2O[C@@H]1CC[C@@H](O[C@H]2CC[C@H](O)[C@@H](C)O2)[C@H](C)O1)C(=O)C(c1c(OC)c(OC)c2cc3c(c(O)c2c1O)C(=O)[C@]1(O)[C@H](C3)[C@H](O[C@@H]2C[C@H](O)[C@H](O)[C@@H](C)O2)[C@@H](O)[C@H](O[C@@H]2CC[C@@H](O)[C@H](C)O2)[C@@]1(O)CCC)=C(OC)C5=O. The number of phenolic OH excluding ortho intramolecular Hbond substituents is 4. The van der Waals surface area contributed by atoms with E-state index in [0.29, 0.717) is 12.8 Å². The highest BCUT2D eigenvalue weighted by molar-refractivity contribution is 6.43. The Morgan fingerprint density at radius 3 is 1.54 bits per heavy atom. The zero-order valence-electron chi connectivity index (χ0n) is 61.3. The standard InChI is InChI=1S/C75H98O33/c1-11-19-72(92)70(106-39-17-14-34(77)26(4)99-39)60(88)63(104-41-23-35(78)52(80)28(6)101-41)32-22-30-21-31-44(54(82)43(30)68(90)74(32,72)93)55(83)48(66(97-10)62(31)95-8)47-56(84)45-46(59(87)65(47)96-9)57(85)49-50(58(45)86)69(91)75(94)51-64(49)108-73(75,20-12-2)71(61(89)67(51)105-42-24-36(79)53(81)29(7)102-42)107-40-18-15-37(27(5)100-40)103-38-16-13-33(76)25(3)98-38/h21,25-29,32-42,51-53,60-61,63-64,67,70-71,76-83,85-86,88-89,92-94H,11-20,22-24H2,1-10H3/t25-,26+,27+,28-,29-,32-,33+,34-,35+,36+,37-,38+,39-,40-,41-,42-,51-,52-,53-,60-,61-,63+,64+,67+,70+,71+,72+,73+,74-,75-/m1/s1. The minimum atomic E-state index is -3.15. The number of ether oxygens (including phenoxy) is 14. The maximum absolute atomic E-state index is 16.3. The van der Waals surface area contributed by atoms with Crippen LogP contribution in [-0.2, 0) is 63.3 Å². The van der Waals surface area contributed by atoms with Gasteiger partial charge in [-0.1, -0.05) is 26.7 Å². The number of aliphatic hydroxyl groups excluding tert-OH is 8. The summed E-state index contributed by atoms with van der Waals surface area (Å²) in [4.78, 5) is 64.1. The maximum atomic E-state index is 16.3. The molecule has 14 rings (SSSR count). The Hall–Kier alpha value is -5.94. The third-order valence-electron chi connectivity index (χ3n) is 24.8. The number of aliphatic hydroxyl groups is 11. The first-order valence-corrected chi connectivity index (χ1v) is 37.2. The Morgan fingerprint density at radius 1 is 0.481 bits per heavy atom. The summed E-state index contributed by atoms with van der Waals surface area (Å²) in [7, 11) is 3.12. The zero-order valence-corrected chi connectivity index (χ0v) is 61.3. The van der Waals surface area contributed by atoms with Crippen molar-refractivity contribution >= 4 is 39.5 Å². The fraction of sp³-hybridized carbons (Fsp3) is 0.707. The van der Waals surface area contributed by atoms with Gasteiger partial charge in [0.1, 0.15) is 70.8 Å². The molecule has 0 spiro atoms. The van der Waals surface area contributed by atoms with E-state index in [2.05, 4.69) is 0 Å². The van der Waals surface area contributed by atoms with Crippen molar-refractivity contribution in [3.63, 3.8) is 0 Å². The lowest BCUT2D eigenvalue weighted by atomic mass is 9.53. The molecule has 0 aromatic heterocycles. The Morgan fingerprint density at radius 2 is 0.991 bits per heavy atom. The van der Waals surface area contributed by atoms with Crippen LogP contribution in [0.1, 0.15) is 190 Å². The molecular weight excluding hydrogens is 1430 g/mol. The second-order valence-corrected chi connectivity index (χ2v) is 30.9. The molecule has 30 atom stereocenters. The minimum absolute atomic E-state index is 0.00613. The number of hydrogen-bond donors (Lipinski definition) is 15. The third-order valence-corrected chi connectivity index (χ3v) is 24.8. The predicted molar refractivity (Wildman–Crippen MR) is 364 cm³/mol. The first-order chi connectivity index (χ1) is 51.1. The van der Waals surface area contributed by atoms with Crippen LogP contribution >= 0.6 is 0 Å². The van der Waals surface area contributed by atoms with E-state index in [1.807, 2.05) is 0 Å². The van der Waals surface area contributed by atoms with Crippen LogP contribution < -0.4 is 9.47 Å². The fourth-order valence-electron chi connectivity index (χ4n) is 19.4. The minimum Gasteiger partial charge on any atom is -0.507 e. The number of Topliss-reactive ketones (excluding diaryl/α,β-unsaturated/α-hetero) is 4. The van der Waals surface area contributed by atoms with Crippen molar-refractivity contribution in [2.24, 2.45) is 11.8 Å². The van der Waals surface area contributed by atoms with E-state index in [1.165, 1.54) is 19.9 Å². The van der Waals surface area contributed by atoms with E-state index in [0.717, 1.165) is 21.3 Å². The van der Waals surface area contributed by atoms with Gasteiger partial charge in [-0.3, -0.25) is 19.2 Å². The van der Waals surface area contributed by atoms with Gasteiger partial charge in [0, 0.05) is 49.0 Å². The smallest absolute Gasteiger partial charge is 0.232 e. The predicted octanol–water partition coefficient (Wildman–Crippen LogP) is 1.57. The lowest BCUT2D eigenvalue weighted by molar-refractivity contribution is -0.355. The topological polar surface area (TPSA) is 501 Å². The number of fused-ring (bicyclic) bond motifs is 6. The molecule has 11 aliphatic rings. The Bertz CT molecular complexity index is 4050. The number of carbonyl (C=O) groups is 4. The van der Waals surface area contributed by atoms with Gasteiger partial charge in [0.25, 0.3) is 0 Å². The summed E-state index contributed by atoms with van der Waals surface area (Å²) < 4.78 is 87.3. The number of benzene rings is 3. The summed E-state index contributed by atoms with van der Waals surface area (Å²) in [6.07, 6.45) is -31.8. The molecule has 33 nitrogen and oxygen atoms in total. The van der Waals surface area contributed by atoms with Crippen molar-refractivity contribution in [1.29, 1.82) is 0 Å². The lowest BCUT2D eigenvalue weighted by Gasteiger charge is -2.60. The largest absolute Gasteiger partial charge is 0.507 e. The van der Waals surface area contributed by atoms with Crippen LogP contribution in [-0.4, -0.2) is 285 Å². The molecule has 5 aliphatic carbocycles. The summed E-state index contributed by atoms with van der Waals surface area (Å²) >= 11 is 0. The number of phenols is 4. The van der Waals surface area contributed by atoms with Crippen LogP contribution in [0.2, 0.25) is 0 Å². The van der Waals surface area contributed by atoms with Gasteiger partial charge in [-0.2, -0.15) is 0 Å². The number of hydrogen-bond acceptors (Lipinski definition) is 33. The van der Waals surface area contributed by atoms with E-state index in [1.54, 1.807) is 34.6 Å². The molecule has 4 bridgehead atoms. The van der Waals surface area contributed by atoms with Gasteiger partial charge in [-0.15, -0.1) is 0 Å². The Labute approximate surface area is 619 Å². The highest BCUT2D eigenvalue weighted by Gasteiger charge is 2.82. The first kappa shape index (κ1) is 78.7. The summed E-state index contributed by atoms with van der Waals surface area (Å²) in [5.74, 6) is -16.0. The molecule has 3 aromatic carbocycles. The second-order valence-electron chi connectivity index (χ2n) is 30.9. The van der Waals surface area contributed by atoms with Crippen molar-refractivity contribution in [1.82, 2.24) is 0 Å². The average molecular weight is 1530 g/mol. The lowest BCUT2D eigenvalue weighted by Crippen LogP contribution is -2.80. The average Bonchev–Trinajstić information content (AvgIpc) is 1.45. The molecule has 3 aromatic rings. The quantitative estimate of drug-likeness (QED) is 0.0804. The van der Waals surface area contributed by atoms with E-state index >= 15 is 19.2 Å². The first-order valence-electron chi connectivity index (χ1n) is 37.2. The van der Waals surface area contributed by atoms with Crippen LogP contribution in [0, 0.1) is 11.8 Å². The van der Waals surface area contributed by atoms with Crippen molar-refractivity contribution < 1.29 is 162 Å². The molecule has 596 valence electrons. The molecule has 0 unspecified atom stereocenters. The van der Waals surface area contributed by atoms with Gasteiger partial charge in [0.05, 0.1) is 145 Å². The van der Waals surface area contributed by atoms with Crippen molar-refractivity contribution in [2.75, 3.05) is 21.3 Å². The Balaban J connectivity index is 0.876. The van der Waals surface area contributed by atoms with Gasteiger partial charge >= 0.3 is 0 Å². The number of methoxy groups -OCH3 is 3. The van der Waals surface area contributed by atoms with Crippen LogP contribution in [0.3, 0.4) is 0 Å². The molecule has 0 amide bonds. The third kappa shape index (κ3) is 11.7. The molecule has 33 heteroatoms. The number of ketones is 4. The number of aromatic hydroxyl groups is 4. The van der Waals surface area contributed by atoms with Crippen molar-refractivity contribution in [3.05, 3.63) is 50.8 Å². The molecule has 0 radical (unpaired) electrons. The molecular formula is C75H98O33. The van der Waals surface area contributed by atoms with Crippen molar-refractivity contribution in [2.45, 2.75) is 302 Å². The zero-order chi connectivity index (χ0) is 77.9. The highest BCUT2D eigenvalue weighted by Crippen LogP contribution is 2.69. The van der Waals surface area contributed by atoms with Gasteiger partial charge in [-0.05, 0) is 84.8 Å². The summed E-state index contributed by atoms with van der Waals surface area (Å²) in [6, 6.07) is 1.26. The molecule has 15 N–H and O–H groups in total. The van der Waals surface area contributed by atoms with Gasteiger partial charge < -0.3 is 143 Å². The van der Waals surface area contributed by atoms with E-state index in [-0.39, 0.29) is 62.3 Å². The van der Waals surface area contributed by atoms with Crippen LogP contribution in [0.25, 0.3) is 16.3 Å². The van der Waals surface area contributed by atoms with Crippen molar-refractivity contribution in [3.8, 4) is 34.5 Å². The van der Waals surface area contributed by atoms with Gasteiger partial charge in [0.15, 0.2) is 59.9 Å². The second kappa shape index (κ2) is 28.9. The van der Waals surface area contributed by atoms with Crippen LogP contribution in [0.15, 0.2) is 11.8 Å². The Kier molecular flexibility index (Phi) is 21.1. The van der Waals surface area contributed by atoms with Gasteiger partial charge in [0.2, 0.25) is 23.1 Å². The molecule has 6 aliphatic heterocycles. The number of allylic oxidation sites excluding steroid dienone is 2. The normalized spacial score (nSPS) is 43.0. The summed E-state index contributed by atoms with van der Waals surface area (Å²) in [5.41, 5.74) is -17.7. The number of carbonyl (C=O) groups excluding carboxylic acids is 4. The van der Waals surface area contributed by atoms with Crippen LogP contribution in [0.5, 0.6) is 34.5 Å². The number of rotatable bonds is 18. The molecule has 6 heterocycles. The summed E-state index contributed by atoms with van der Waals surface area (Å²) in [5, 5.41) is 182. The van der Waals surface area contributed by atoms with E-state index in [4.69, 9.17) is 66.3 Å². The van der Waals surface area contributed by atoms with Gasteiger partial charge in [-0.25, -0.2) is 0 Å². The van der Waals surface area contributed by atoms with E-state index < -0.39 is 309 Å². The summed E-state index contributed by atoms with van der Waals surface area (Å²) in [6.45, 7) is 11.2. The van der Waals surface area contributed by atoms with Crippen LogP contribution in [0.4, 0.5) is 0 Å². The maximum Gasteiger partial charge on any atom is 0.232 e. The molecule has 2 saturated carbocycles. The molecule has 6 saturated heterocycles. The van der Waals surface area contributed by atoms with E-state index in [9.17, 15) is 76.6 Å². The molecule has 8 fully saturated rings. The molecule has 108 heavy (non-hydrogen) atoms. The highest BCUT2D eigenvalue weighted by atomic mass is 16.7. The fourth-order valence-corrected chi connectivity index (χ4v) is 19.4.